The van der Waals surface area contributed by atoms with Crippen molar-refractivity contribution in [2.24, 2.45) is 17.6 Å². The highest BCUT2D eigenvalue weighted by atomic mass is 32.1. The third-order valence-corrected chi connectivity index (χ3v) is 4.33. The lowest BCUT2D eigenvalue weighted by molar-refractivity contribution is 0.198. The number of nitrogens with zero attached hydrogens (tertiary/aromatic N) is 1. The van der Waals surface area contributed by atoms with E-state index in [4.69, 9.17) is 5.73 Å². The number of fused-ring (bicyclic) bond motifs is 1. The van der Waals surface area contributed by atoms with E-state index in [-0.39, 0.29) is 11.0 Å². The first-order valence-corrected chi connectivity index (χ1v) is 7.56. The molecule has 1 aliphatic heterocycles. The van der Waals surface area contributed by atoms with Crippen molar-refractivity contribution in [2.75, 3.05) is 13.1 Å². The maximum absolute atomic E-state index is 10.5. The van der Waals surface area contributed by atoms with Crippen LogP contribution in [0.3, 0.4) is 0 Å². The Morgan fingerprint density at radius 2 is 1.68 bits per heavy atom. The molecule has 2 fully saturated rings. The van der Waals surface area contributed by atoms with Crippen LogP contribution in [0.5, 0.6) is 0 Å². The number of thiol groups is 1. The average molecular weight is 329 g/mol. The molecule has 7 heteroatoms. The molecule has 2 amide bonds. The van der Waals surface area contributed by atoms with Gasteiger partial charge in [0.15, 0.2) is 0 Å². The summed E-state index contributed by atoms with van der Waals surface area (Å²) in [5.41, 5.74) is 8.95. The Bertz CT molecular complexity index is 423. The van der Waals surface area contributed by atoms with E-state index in [2.05, 4.69) is 25.0 Å². The van der Waals surface area contributed by atoms with Gasteiger partial charge in [-0.2, -0.15) is 0 Å². The van der Waals surface area contributed by atoms with Gasteiger partial charge in [-0.3, -0.25) is 5.43 Å². The van der Waals surface area contributed by atoms with Crippen molar-refractivity contribution in [3.05, 3.63) is 29.8 Å². The summed E-state index contributed by atoms with van der Waals surface area (Å²) in [6, 6.07) is 7.62. The third-order valence-electron chi connectivity index (χ3n) is 4.03. The highest BCUT2D eigenvalue weighted by Gasteiger charge is 2.36. The highest BCUT2D eigenvalue weighted by Crippen LogP contribution is 2.36. The SMILES string of the molecule is Cc1ccc(S)cc1.NC(=O)NN1CC2CCCC2C1.O.O. The second-order valence-corrected chi connectivity index (χ2v) is 6.18. The minimum Gasteiger partial charge on any atom is -0.412 e. The number of benzene rings is 1. The van der Waals surface area contributed by atoms with Crippen molar-refractivity contribution in [3.63, 3.8) is 0 Å². The van der Waals surface area contributed by atoms with Gasteiger partial charge in [0.2, 0.25) is 0 Å². The highest BCUT2D eigenvalue weighted by molar-refractivity contribution is 7.80. The Hall–Kier alpha value is -1.28. The first-order valence-electron chi connectivity index (χ1n) is 7.11. The van der Waals surface area contributed by atoms with Gasteiger partial charge < -0.3 is 16.7 Å². The maximum atomic E-state index is 10.5. The third kappa shape index (κ3) is 6.23. The van der Waals surface area contributed by atoms with Gasteiger partial charge >= 0.3 is 6.03 Å². The number of hydrazine groups is 1. The summed E-state index contributed by atoms with van der Waals surface area (Å²) in [6.07, 6.45) is 4.00. The molecular weight excluding hydrogens is 302 g/mol. The number of rotatable bonds is 1. The average Bonchev–Trinajstić information content (AvgIpc) is 2.93. The van der Waals surface area contributed by atoms with Crippen LogP contribution in [0, 0.1) is 18.8 Å². The maximum Gasteiger partial charge on any atom is 0.326 e. The lowest BCUT2D eigenvalue weighted by Crippen LogP contribution is -2.44. The van der Waals surface area contributed by atoms with E-state index in [1.807, 2.05) is 29.3 Å². The van der Waals surface area contributed by atoms with Crippen LogP contribution in [0.2, 0.25) is 0 Å². The van der Waals surface area contributed by atoms with Gasteiger partial charge in [-0.25, -0.2) is 9.80 Å². The molecule has 1 aliphatic carbocycles. The largest absolute Gasteiger partial charge is 0.412 e. The van der Waals surface area contributed by atoms with Crippen molar-refractivity contribution in [1.82, 2.24) is 10.4 Å². The lowest BCUT2D eigenvalue weighted by Gasteiger charge is -2.15. The number of primary amides is 1. The van der Waals surface area contributed by atoms with E-state index in [1.165, 1.54) is 24.8 Å². The van der Waals surface area contributed by atoms with Crippen LogP contribution in [-0.2, 0) is 0 Å². The summed E-state index contributed by atoms with van der Waals surface area (Å²) in [7, 11) is 0. The number of carbonyl (C=O) groups is 1. The summed E-state index contributed by atoms with van der Waals surface area (Å²) in [5.74, 6) is 1.61. The number of urea groups is 1. The quantitative estimate of drug-likeness (QED) is 0.664. The van der Waals surface area contributed by atoms with Crippen molar-refractivity contribution >= 4 is 18.7 Å². The molecule has 0 radical (unpaired) electrons. The summed E-state index contributed by atoms with van der Waals surface area (Å²) in [5, 5.41) is 1.96. The molecule has 3 rings (SSSR count). The van der Waals surface area contributed by atoms with Gasteiger partial charge in [0.25, 0.3) is 0 Å². The molecule has 1 saturated heterocycles. The second kappa shape index (κ2) is 9.68. The Morgan fingerprint density at radius 3 is 2.09 bits per heavy atom. The standard InChI is InChI=1S/C8H15N3O.C7H8S.2H2O/c9-8(12)10-11-4-6-2-1-3-7(6)5-11;1-6-2-4-7(8)5-3-6;;/h6-7H,1-5H2,(H3,9,10,12);2-5,8H,1H3;2*1H2. The fourth-order valence-electron chi connectivity index (χ4n) is 3.03. The Labute approximate surface area is 137 Å². The molecule has 1 aromatic carbocycles. The van der Waals surface area contributed by atoms with Gasteiger partial charge in [0, 0.05) is 18.0 Å². The molecule has 2 aliphatic rings. The molecule has 6 nitrogen and oxygen atoms in total. The molecule has 1 saturated carbocycles. The normalized spacial score (nSPS) is 22.5. The fourth-order valence-corrected chi connectivity index (χ4v) is 3.18. The fraction of sp³-hybridized carbons (Fsp3) is 0.533. The number of hydrogen-bond acceptors (Lipinski definition) is 3. The molecule has 2 atom stereocenters. The van der Waals surface area contributed by atoms with Crippen LogP contribution >= 0.6 is 12.6 Å². The molecule has 2 unspecified atom stereocenters. The number of hydrogen-bond donors (Lipinski definition) is 3. The zero-order chi connectivity index (χ0) is 14.5. The van der Waals surface area contributed by atoms with Crippen LogP contribution in [0.15, 0.2) is 29.2 Å². The van der Waals surface area contributed by atoms with Crippen LogP contribution in [0.25, 0.3) is 0 Å². The van der Waals surface area contributed by atoms with Gasteiger partial charge in [-0.05, 0) is 43.7 Å². The number of amides is 2. The molecule has 22 heavy (non-hydrogen) atoms. The van der Waals surface area contributed by atoms with Gasteiger partial charge in [0.05, 0.1) is 0 Å². The molecule has 0 spiro atoms. The van der Waals surface area contributed by atoms with E-state index in [9.17, 15) is 4.79 Å². The second-order valence-electron chi connectivity index (χ2n) is 5.67. The van der Waals surface area contributed by atoms with Crippen molar-refractivity contribution in [1.29, 1.82) is 0 Å². The summed E-state index contributed by atoms with van der Waals surface area (Å²) < 4.78 is 0. The lowest BCUT2D eigenvalue weighted by atomic mass is 10.0. The van der Waals surface area contributed by atoms with Crippen molar-refractivity contribution in [2.45, 2.75) is 31.1 Å². The monoisotopic (exact) mass is 329 g/mol. The van der Waals surface area contributed by atoms with E-state index in [1.54, 1.807) is 0 Å². The summed E-state index contributed by atoms with van der Waals surface area (Å²) >= 11 is 4.13. The summed E-state index contributed by atoms with van der Waals surface area (Å²) in [6.45, 7) is 4.05. The Kier molecular flexibility index (Phi) is 9.12. The minimum absolute atomic E-state index is 0. The number of nitrogens with two attached hydrogens (primary N) is 1. The zero-order valence-electron chi connectivity index (χ0n) is 12.9. The predicted octanol–water partition coefficient (Wildman–Crippen LogP) is 0.936. The zero-order valence-corrected chi connectivity index (χ0v) is 13.8. The number of carbonyl (C=O) groups excluding carboxylic acids is 1. The van der Waals surface area contributed by atoms with Crippen LogP contribution in [0.4, 0.5) is 4.79 Å². The summed E-state index contributed by atoms with van der Waals surface area (Å²) in [4.78, 5) is 11.6. The Balaban J connectivity index is 0.000000393. The molecule has 126 valence electrons. The predicted molar refractivity (Wildman–Crippen MR) is 90.8 cm³/mol. The topological polar surface area (TPSA) is 121 Å². The van der Waals surface area contributed by atoms with Crippen molar-refractivity contribution in [3.8, 4) is 0 Å². The smallest absolute Gasteiger partial charge is 0.326 e. The first-order chi connectivity index (χ1) is 9.54. The molecule has 0 aromatic heterocycles. The molecule has 0 bridgehead atoms. The van der Waals surface area contributed by atoms with Crippen LogP contribution < -0.4 is 11.2 Å². The van der Waals surface area contributed by atoms with Crippen molar-refractivity contribution < 1.29 is 15.7 Å². The van der Waals surface area contributed by atoms with E-state index < -0.39 is 6.03 Å². The number of aryl methyl sites for hydroxylation is 1. The van der Waals surface area contributed by atoms with E-state index >= 15 is 0 Å². The van der Waals surface area contributed by atoms with E-state index in [0.717, 1.165) is 29.8 Å². The molecule has 1 heterocycles. The molecule has 7 N–H and O–H groups in total. The van der Waals surface area contributed by atoms with Gasteiger partial charge in [-0.1, -0.05) is 24.1 Å². The van der Waals surface area contributed by atoms with Gasteiger partial charge in [-0.15, -0.1) is 12.6 Å². The van der Waals surface area contributed by atoms with E-state index in [0.29, 0.717) is 0 Å². The van der Waals surface area contributed by atoms with Crippen LogP contribution in [0.1, 0.15) is 24.8 Å². The minimum atomic E-state index is -0.435. The number of nitrogens with one attached hydrogen (secondary N) is 1. The van der Waals surface area contributed by atoms with Crippen LogP contribution in [-0.4, -0.2) is 35.1 Å². The van der Waals surface area contributed by atoms with Gasteiger partial charge in [0.1, 0.15) is 0 Å². The first kappa shape index (κ1) is 20.7. The Morgan fingerprint density at radius 1 is 1.18 bits per heavy atom. The molecule has 1 aromatic rings. The molecular formula is C15H27N3O3S.